The van der Waals surface area contributed by atoms with Crippen molar-refractivity contribution < 1.29 is 14.3 Å². The minimum absolute atomic E-state index is 0.00760. The van der Waals surface area contributed by atoms with E-state index in [0.717, 1.165) is 5.56 Å². The second-order valence-electron chi connectivity index (χ2n) is 4.42. The van der Waals surface area contributed by atoms with Gasteiger partial charge in [-0.15, -0.1) is 0 Å². The highest BCUT2D eigenvalue weighted by molar-refractivity contribution is 6.30. The van der Waals surface area contributed by atoms with Gasteiger partial charge >= 0.3 is 5.97 Å². The van der Waals surface area contributed by atoms with E-state index in [1.54, 1.807) is 24.4 Å². The molecule has 1 amide bonds. The lowest BCUT2D eigenvalue weighted by atomic mass is 10.1. The summed E-state index contributed by atoms with van der Waals surface area (Å²) in [5.74, 6) is -0.675. The molecule has 0 unspecified atom stereocenters. The van der Waals surface area contributed by atoms with Crippen LogP contribution in [0.25, 0.3) is 0 Å². The maximum atomic E-state index is 12.2. The molecule has 0 saturated carbocycles. The molecular formula is C14H14ClN3O3. The molecule has 110 valence electrons. The highest BCUT2D eigenvalue weighted by atomic mass is 35.5. The monoisotopic (exact) mass is 307 g/mol. The van der Waals surface area contributed by atoms with E-state index in [9.17, 15) is 9.59 Å². The zero-order chi connectivity index (χ0) is 15.4. The van der Waals surface area contributed by atoms with Gasteiger partial charge in [-0.1, -0.05) is 11.6 Å². The molecule has 1 N–H and O–H groups in total. The van der Waals surface area contributed by atoms with Gasteiger partial charge in [0.25, 0.3) is 5.91 Å². The van der Waals surface area contributed by atoms with Gasteiger partial charge in [0.05, 0.1) is 19.0 Å². The van der Waals surface area contributed by atoms with Crippen molar-refractivity contribution in [1.29, 1.82) is 0 Å². The van der Waals surface area contributed by atoms with E-state index < -0.39 is 5.97 Å². The van der Waals surface area contributed by atoms with Gasteiger partial charge in [-0.05, 0) is 30.7 Å². The number of nitrogens with zero attached hydrogens (tertiary/aromatic N) is 2. The number of halogens is 1. The first-order valence-electron chi connectivity index (χ1n) is 6.16. The molecule has 2 aromatic rings. The Morgan fingerprint density at radius 3 is 2.86 bits per heavy atom. The number of aryl methyl sites for hydroxylation is 1. The van der Waals surface area contributed by atoms with E-state index in [4.69, 9.17) is 11.6 Å². The third-order valence-corrected chi connectivity index (χ3v) is 3.08. The van der Waals surface area contributed by atoms with Gasteiger partial charge in [0.15, 0.2) is 0 Å². The molecule has 0 aliphatic carbocycles. The molecule has 0 aliphatic rings. The summed E-state index contributed by atoms with van der Waals surface area (Å²) in [5.41, 5.74) is 1.81. The van der Waals surface area contributed by atoms with Crippen LogP contribution in [0.3, 0.4) is 0 Å². The summed E-state index contributed by atoms with van der Waals surface area (Å²) in [4.78, 5) is 23.3. The molecule has 0 saturated heterocycles. The number of ether oxygens (including phenoxy) is 1. The SMILES string of the molecule is COC(=O)Cn1cc(NC(=O)c2ccc(Cl)cc2C)cn1. The van der Waals surface area contributed by atoms with Crippen LogP contribution < -0.4 is 5.32 Å². The number of rotatable bonds is 4. The second-order valence-corrected chi connectivity index (χ2v) is 4.85. The normalized spacial score (nSPS) is 10.2. The molecule has 7 heteroatoms. The van der Waals surface area contributed by atoms with Gasteiger partial charge in [0.1, 0.15) is 6.54 Å². The average molecular weight is 308 g/mol. The van der Waals surface area contributed by atoms with Crippen LogP contribution in [-0.2, 0) is 16.1 Å². The highest BCUT2D eigenvalue weighted by Gasteiger charge is 2.11. The van der Waals surface area contributed by atoms with Crippen LogP contribution in [0.2, 0.25) is 5.02 Å². The van der Waals surface area contributed by atoms with Crippen LogP contribution in [0.4, 0.5) is 5.69 Å². The lowest BCUT2D eigenvalue weighted by Crippen LogP contribution is -2.13. The molecule has 2 rings (SSSR count). The number of esters is 1. The number of nitrogens with one attached hydrogen (secondary N) is 1. The Bertz CT molecular complexity index is 682. The van der Waals surface area contributed by atoms with Gasteiger partial charge < -0.3 is 10.1 Å². The van der Waals surface area contributed by atoms with Crippen molar-refractivity contribution >= 4 is 29.2 Å². The molecule has 0 bridgehead atoms. The standard InChI is InChI=1S/C14H14ClN3O3/c1-9-5-10(15)3-4-12(9)14(20)17-11-6-16-18(7-11)8-13(19)21-2/h3-7H,8H2,1-2H3,(H,17,20). The minimum atomic E-state index is -0.412. The molecule has 0 aliphatic heterocycles. The molecule has 6 nitrogen and oxygen atoms in total. The van der Waals surface area contributed by atoms with Gasteiger partial charge in [0, 0.05) is 16.8 Å². The molecule has 0 fully saturated rings. The van der Waals surface area contributed by atoms with Gasteiger partial charge in [-0.25, -0.2) is 0 Å². The molecule has 1 aromatic carbocycles. The number of hydrogen-bond donors (Lipinski definition) is 1. The third kappa shape index (κ3) is 3.82. The predicted molar refractivity (Wildman–Crippen MR) is 78.4 cm³/mol. The fourth-order valence-corrected chi connectivity index (χ4v) is 2.02. The summed E-state index contributed by atoms with van der Waals surface area (Å²) in [7, 11) is 1.30. The number of hydrogen-bond acceptors (Lipinski definition) is 4. The molecule has 1 heterocycles. The number of aromatic nitrogens is 2. The molecular weight excluding hydrogens is 294 g/mol. The van der Waals surface area contributed by atoms with Gasteiger partial charge in [-0.2, -0.15) is 5.10 Å². The number of amides is 1. The lowest BCUT2D eigenvalue weighted by molar-refractivity contribution is -0.141. The summed E-state index contributed by atoms with van der Waals surface area (Å²) in [6.45, 7) is 1.80. The Balaban J connectivity index is 2.07. The van der Waals surface area contributed by atoms with E-state index in [1.807, 2.05) is 6.92 Å². The lowest BCUT2D eigenvalue weighted by Gasteiger charge is -2.06. The molecule has 21 heavy (non-hydrogen) atoms. The van der Waals surface area contributed by atoms with E-state index >= 15 is 0 Å². The Morgan fingerprint density at radius 1 is 1.43 bits per heavy atom. The molecule has 1 aromatic heterocycles. The van der Waals surface area contributed by atoms with E-state index in [1.165, 1.54) is 18.0 Å². The summed E-state index contributed by atoms with van der Waals surface area (Å²) in [6, 6.07) is 5.03. The first-order valence-corrected chi connectivity index (χ1v) is 6.54. The van der Waals surface area contributed by atoms with Crippen LogP contribution in [0, 0.1) is 6.92 Å². The number of anilines is 1. The van der Waals surface area contributed by atoms with Crippen molar-refractivity contribution in [2.24, 2.45) is 0 Å². The first-order chi connectivity index (χ1) is 9.99. The Kier molecular flexibility index (Phi) is 4.59. The maximum absolute atomic E-state index is 12.2. The van der Waals surface area contributed by atoms with E-state index in [0.29, 0.717) is 16.3 Å². The zero-order valence-electron chi connectivity index (χ0n) is 11.6. The van der Waals surface area contributed by atoms with Crippen molar-refractivity contribution in [3.8, 4) is 0 Å². The van der Waals surface area contributed by atoms with Crippen LogP contribution in [-0.4, -0.2) is 28.8 Å². The Morgan fingerprint density at radius 2 is 2.19 bits per heavy atom. The number of benzene rings is 1. The average Bonchev–Trinajstić information content (AvgIpc) is 2.85. The first kappa shape index (κ1) is 15.1. The summed E-state index contributed by atoms with van der Waals surface area (Å²) < 4.78 is 5.93. The zero-order valence-corrected chi connectivity index (χ0v) is 12.3. The predicted octanol–water partition coefficient (Wildman–Crippen LogP) is 2.27. The van der Waals surface area contributed by atoms with E-state index in [2.05, 4.69) is 15.2 Å². The molecule has 0 atom stereocenters. The highest BCUT2D eigenvalue weighted by Crippen LogP contribution is 2.16. The van der Waals surface area contributed by atoms with Gasteiger partial charge in [-0.3, -0.25) is 14.3 Å². The van der Waals surface area contributed by atoms with Crippen molar-refractivity contribution in [2.45, 2.75) is 13.5 Å². The Hall–Kier alpha value is -2.34. The van der Waals surface area contributed by atoms with Crippen LogP contribution in [0.1, 0.15) is 15.9 Å². The van der Waals surface area contributed by atoms with E-state index in [-0.39, 0.29) is 12.5 Å². The quantitative estimate of drug-likeness (QED) is 0.879. The third-order valence-electron chi connectivity index (χ3n) is 2.84. The fourth-order valence-electron chi connectivity index (χ4n) is 1.79. The molecule has 0 spiro atoms. The van der Waals surface area contributed by atoms with Crippen LogP contribution in [0.15, 0.2) is 30.6 Å². The van der Waals surface area contributed by atoms with Gasteiger partial charge in [0.2, 0.25) is 0 Å². The topological polar surface area (TPSA) is 73.2 Å². The Labute approximate surface area is 126 Å². The molecule has 0 radical (unpaired) electrons. The maximum Gasteiger partial charge on any atom is 0.327 e. The van der Waals surface area contributed by atoms with Crippen molar-refractivity contribution in [2.75, 3.05) is 12.4 Å². The minimum Gasteiger partial charge on any atom is -0.468 e. The summed E-state index contributed by atoms with van der Waals surface area (Å²) in [5, 5.41) is 7.26. The second kappa shape index (κ2) is 6.41. The number of methoxy groups -OCH3 is 1. The number of carbonyl (C=O) groups excluding carboxylic acids is 2. The fraction of sp³-hybridized carbons (Fsp3) is 0.214. The van der Waals surface area contributed by atoms with Crippen LogP contribution >= 0.6 is 11.6 Å². The van der Waals surface area contributed by atoms with Crippen LogP contribution in [0.5, 0.6) is 0 Å². The largest absolute Gasteiger partial charge is 0.468 e. The van der Waals surface area contributed by atoms with Crippen molar-refractivity contribution in [3.05, 3.63) is 46.7 Å². The van der Waals surface area contributed by atoms with Crippen molar-refractivity contribution in [1.82, 2.24) is 9.78 Å². The summed E-state index contributed by atoms with van der Waals surface area (Å²) in [6.07, 6.45) is 3.02. The summed E-state index contributed by atoms with van der Waals surface area (Å²) >= 11 is 5.86. The smallest absolute Gasteiger partial charge is 0.327 e. The van der Waals surface area contributed by atoms with Crippen molar-refractivity contribution in [3.63, 3.8) is 0 Å². The number of carbonyl (C=O) groups is 2.